The molecule has 3 saturated heterocycles. The van der Waals surface area contributed by atoms with Gasteiger partial charge in [0.15, 0.2) is 0 Å². The third kappa shape index (κ3) is 41.4. The Morgan fingerprint density at radius 3 is 1.00 bits per heavy atom. The van der Waals surface area contributed by atoms with Crippen molar-refractivity contribution in [3.8, 4) is 0 Å². The van der Waals surface area contributed by atoms with Crippen molar-refractivity contribution < 1.29 is 113 Å². The van der Waals surface area contributed by atoms with E-state index in [9.17, 15) is 73.2 Å². The summed E-state index contributed by atoms with van der Waals surface area (Å²) in [5.74, 6) is -5.57. The third-order valence-electron chi connectivity index (χ3n) is 21.4. The van der Waals surface area contributed by atoms with Gasteiger partial charge in [-0.2, -0.15) is 0 Å². The molecular formula is C102H138Cl3N11O24S3. The largest absolute Gasteiger partial charge is 0.478 e. The molecule has 0 aliphatic carbocycles. The van der Waals surface area contributed by atoms with Gasteiger partial charge in [0.25, 0.3) is 31.9 Å². The number of sulfonamides is 3. The monoisotopic (exact) mass is 2100 g/mol. The van der Waals surface area contributed by atoms with E-state index < -0.39 is 82.6 Å². The number of para-hydroxylation sites is 2. The fraction of sp³-hybridized carbons (Fsp3) is 0.461. The molecule has 3 aliphatic rings. The summed E-state index contributed by atoms with van der Waals surface area (Å²) in [6.45, 7) is 50.0. The molecule has 0 saturated carbocycles. The molecule has 6 heterocycles. The molecule has 3 fully saturated rings. The molecule has 784 valence electrons. The summed E-state index contributed by atoms with van der Waals surface area (Å²) in [4.78, 5) is 132. The number of carbonyl (C=O) groups is 10. The van der Waals surface area contributed by atoms with E-state index >= 15 is 0 Å². The van der Waals surface area contributed by atoms with Crippen molar-refractivity contribution in [1.82, 2.24) is 39.1 Å². The van der Waals surface area contributed by atoms with Gasteiger partial charge in [0.1, 0.15) is 38.5 Å². The zero-order valence-electron chi connectivity index (χ0n) is 85.4. The number of nitrogen functional groups attached to an aromatic ring is 1. The Kier molecular flexibility index (Phi) is 44.5. The molecule has 8 aromatic rings. The van der Waals surface area contributed by atoms with Crippen molar-refractivity contribution in [3.63, 3.8) is 0 Å². The number of anilines is 2. The highest BCUT2D eigenvalue weighted by atomic mass is 35.5. The molecular weight excluding hydrogens is 1970 g/mol. The molecule has 41 heteroatoms. The minimum Gasteiger partial charge on any atom is -0.478 e. The fourth-order valence-corrected chi connectivity index (χ4v) is 17.6. The van der Waals surface area contributed by atoms with Crippen LogP contribution in [0.25, 0.3) is 0 Å². The predicted molar refractivity (Wildman–Crippen MR) is 550 cm³/mol. The van der Waals surface area contributed by atoms with Crippen LogP contribution in [-0.4, -0.2) is 207 Å². The molecule has 5 aromatic carbocycles. The topological polar surface area (TPSA) is 538 Å². The van der Waals surface area contributed by atoms with Crippen LogP contribution in [0.1, 0.15) is 284 Å². The van der Waals surface area contributed by atoms with Crippen molar-refractivity contribution >= 4 is 137 Å². The number of halogens is 3. The summed E-state index contributed by atoms with van der Waals surface area (Å²) < 4.78 is 91.0. The van der Waals surface area contributed by atoms with Crippen molar-refractivity contribution in [2.24, 2.45) is 22.9 Å². The first kappa shape index (κ1) is 123. The molecule has 3 unspecified atom stereocenters. The Balaban J connectivity index is 0.000000348. The van der Waals surface area contributed by atoms with Gasteiger partial charge in [-0.05, 0) is 269 Å². The molecule has 143 heavy (non-hydrogen) atoms. The summed E-state index contributed by atoms with van der Waals surface area (Å²) in [6, 6.07) is 43.1. The second-order valence-corrected chi connectivity index (χ2v) is 47.9. The van der Waals surface area contributed by atoms with Crippen LogP contribution in [0.5, 0.6) is 0 Å². The van der Waals surface area contributed by atoms with E-state index in [0.29, 0.717) is 42.7 Å². The number of amides is 5. The number of carboxylic acids is 4. The van der Waals surface area contributed by atoms with E-state index in [1.165, 1.54) is 72.8 Å². The highest BCUT2D eigenvalue weighted by Gasteiger charge is 2.46. The summed E-state index contributed by atoms with van der Waals surface area (Å²) in [5.41, 5.74) is 6.10. The van der Waals surface area contributed by atoms with Crippen molar-refractivity contribution in [2.45, 2.75) is 269 Å². The van der Waals surface area contributed by atoms with Crippen LogP contribution in [0.15, 0.2) is 185 Å². The molecule has 0 radical (unpaired) electrons. The lowest BCUT2D eigenvalue weighted by Gasteiger charge is -2.33. The maximum Gasteiger partial charge on any atom is 0.410 e. The maximum atomic E-state index is 12.4. The number of aliphatic hydroxyl groups excluding tert-OH is 1. The SMILES string of the molecule is CC(C)(C)OC(=O)N1CC(CC=O)CC1(C)C.CC(C)(C)OC(=O)N1CC(CCNc2ccccc2)CC1(C)C.CC(C)(C)OC(=O)N1CC(CCO)CC1(C)C.CC(C)(C)c1ccc(C(=O)NS(=O)(=O)c2cccc(C(=O)O)c2)c(Cl)n1.CC(C)(C)c1ccc(C(=O)NS(=O)(=O)c2cccc(C(=O)O)c2)c(Cl)n1.CC(C)(C)c1ccc(C(=O)O)c(Cl)n1.NS(=O)(=O)c1cccc(C(=O)O)c1.Nc1ccccc1. The highest BCUT2D eigenvalue weighted by Crippen LogP contribution is 2.39. The number of nitrogens with zero attached hydrogens (tertiary/aromatic N) is 6. The van der Waals surface area contributed by atoms with Gasteiger partial charge >= 0.3 is 42.2 Å². The van der Waals surface area contributed by atoms with E-state index in [1.807, 2.05) is 215 Å². The average Bonchev–Trinajstić information content (AvgIpc) is 1.73. The van der Waals surface area contributed by atoms with Crippen LogP contribution >= 0.6 is 34.8 Å². The quantitative estimate of drug-likeness (QED) is 0.0156. The van der Waals surface area contributed by atoms with Gasteiger partial charge < -0.3 is 70.3 Å². The zero-order valence-corrected chi connectivity index (χ0v) is 90.2. The Labute approximate surface area is 854 Å². The first-order valence-electron chi connectivity index (χ1n) is 45.5. The van der Waals surface area contributed by atoms with Crippen LogP contribution in [-0.2, 0) is 65.3 Å². The standard InChI is InChI=1S/C19H30N2O2.2C17H17ClN2O5S.C13H25NO3.C13H23NO3.C10H12ClNO2.C7H7NO4S.C6H7N/c1-18(2,3)23-17(22)21-14-15(13-19(21,4)5)11-12-20-16-9-7-6-8-10-16;2*1-17(2,3)13-8-7-12(14(18)19-13)15(21)20-26(24,25)11-6-4-5-10(9-11)16(22)23;2*1-12(2,3)17-11(16)14-9-10(6-7-15)8-13(14,4)5;1-10(2,3)7-5-4-6(9(13)14)8(11)12-7;8-13(11,12)6-3-1-2-5(4-6)7(9)10;7-6-4-2-1-3-5-6/h6-10,15,20H,11-14H2,1-5H3;2*4-9H,1-3H3,(H,20,21)(H,22,23);10,15H,6-9H2,1-5H3;7,10H,6,8-9H2,1-5H3;4-5H,1-3H3,(H,13,14);1-4H,(H,9,10)(H2,8,11,12);1-5H,7H2. The minimum atomic E-state index is -4.27. The highest BCUT2D eigenvalue weighted by molar-refractivity contribution is 7.90. The zero-order chi connectivity index (χ0) is 109. The summed E-state index contributed by atoms with van der Waals surface area (Å²) in [7, 11) is -12.4. The first-order chi connectivity index (χ1) is 65.4. The molecule has 35 nitrogen and oxygen atoms in total. The number of nitrogens with two attached hydrogens (primary N) is 2. The number of ether oxygens (including phenoxy) is 3. The smallest absolute Gasteiger partial charge is 0.410 e. The number of aldehydes is 1. The van der Waals surface area contributed by atoms with Crippen molar-refractivity contribution in [3.05, 3.63) is 236 Å². The lowest BCUT2D eigenvalue weighted by atomic mass is 9.91. The summed E-state index contributed by atoms with van der Waals surface area (Å²) in [6.07, 6.45) is 5.32. The summed E-state index contributed by atoms with van der Waals surface area (Å²) >= 11 is 17.8. The van der Waals surface area contributed by atoms with Gasteiger partial charge in [0.2, 0.25) is 10.0 Å². The molecule has 0 bridgehead atoms. The number of primary sulfonamides is 1. The van der Waals surface area contributed by atoms with Gasteiger partial charge in [0.05, 0.1) is 48.1 Å². The molecule has 5 amide bonds. The molecule has 3 atom stereocenters. The number of hydrogen-bond donors (Lipinski definition) is 10. The Morgan fingerprint density at radius 1 is 0.420 bits per heavy atom. The number of aliphatic hydroxyl groups is 1. The Hall–Kier alpha value is -11.9. The van der Waals surface area contributed by atoms with Gasteiger partial charge in [0, 0.05) is 101 Å². The molecule has 0 spiro atoms. The number of pyridine rings is 3. The average molecular weight is 2100 g/mol. The van der Waals surface area contributed by atoms with Gasteiger partial charge in [-0.1, -0.05) is 152 Å². The van der Waals surface area contributed by atoms with Gasteiger partial charge in [-0.3, -0.25) is 9.59 Å². The predicted octanol–water partition coefficient (Wildman–Crippen LogP) is 19.3. The summed E-state index contributed by atoms with van der Waals surface area (Å²) in [5, 5.41) is 52.2. The molecule has 12 N–H and O–H groups in total. The van der Waals surface area contributed by atoms with Crippen LogP contribution < -0.4 is 25.6 Å². The van der Waals surface area contributed by atoms with E-state index in [-0.39, 0.29) is 127 Å². The van der Waals surface area contributed by atoms with Gasteiger partial charge in [-0.15, -0.1) is 0 Å². The number of rotatable bonds is 19. The Morgan fingerprint density at radius 2 is 0.720 bits per heavy atom. The third-order valence-corrected chi connectivity index (χ3v) is 25.8. The number of benzene rings is 5. The van der Waals surface area contributed by atoms with E-state index in [4.69, 9.17) is 85.4 Å². The first-order valence-corrected chi connectivity index (χ1v) is 51.2. The van der Waals surface area contributed by atoms with Crippen molar-refractivity contribution in [1.29, 1.82) is 0 Å². The normalized spacial score (nSPS) is 15.8. The number of hydrogen-bond acceptors (Lipinski definition) is 25. The van der Waals surface area contributed by atoms with E-state index in [1.54, 1.807) is 28.0 Å². The van der Waals surface area contributed by atoms with Crippen LogP contribution in [0.4, 0.5) is 25.8 Å². The fourth-order valence-electron chi connectivity index (χ4n) is 14.3. The second-order valence-electron chi connectivity index (χ2n) is 41.9. The minimum absolute atomic E-state index is 0.0414. The number of carboxylic acid groups (broad SMARTS) is 4. The van der Waals surface area contributed by atoms with E-state index in [2.05, 4.69) is 46.2 Å². The van der Waals surface area contributed by atoms with Crippen LogP contribution in [0.3, 0.4) is 0 Å². The molecule has 3 aliphatic heterocycles. The van der Waals surface area contributed by atoms with Crippen LogP contribution in [0, 0.1) is 17.8 Å². The lowest BCUT2D eigenvalue weighted by molar-refractivity contribution is -0.108. The molecule has 3 aromatic heterocycles. The van der Waals surface area contributed by atoms with Crippen LogP contribution in [0.2, 0.25) is 15.5 Å². The number of likely N-dealkylation sites (tertiary alicyclic amines) is 3. The number of nitrogens with one attached hydrogen (secondary N) is 3. The van der Waals surface area contributed by atoms with Crippen molar-refractivity contribution in [2.75, 3.05) is 43.8 Å². The lowest BCUT2D eigenvalue weighted by Crippen LogP contribution is -2.45. The maximum absolute atomic E-state index is 12.4. The number of aromatic carboxylic acids is 4. The second kappa shape index (κ2) is 51.5. The molecule has 11 rings (SSSR count). The van der Waals surface area contributed by atoms with E-state index in [0.717, 1.165) is 86.7 Å². The Bertz CT molecular complexity index is 5950. The van der Waals surface area contributed by atoms with Gasteiger partial charge in [-0.25, -0.2) is 88.4 Å². The number of aromatic nitrogens is 3. The number of carbonyl (C=O) groups excluding carboxylic acids is 6.